The fourth-order valence-electron chi connectivity index (χ4n) is 1.86. The van der Waals surface area contributed by atoms with Crippen LogP contribution in [0, 0.1) is 5.82 Å². The van der Waals surface area contributed by atoms with Gasteiger partial charge < -0.3 is 14.8 Å². The van der Waals surface area contributed by atoms with Gasteiger partial charge in [-0.25, -0.2) is 9.18 Å². The van der Waals surface area contributed by atoms with Crippen LogP contribution in [0.25, 0.3) is 0 Å². The number of amides is 1. The van der Waals surface area contributed by atoms with E-state index in [1.165, 1.54) is 31.6 Å². The van der Waals surface area contributed by atoms with Gasteiger partial charge in [-0.05, 0) is 24.3 Å². The van der Waals surface area contributed by atoms with Gasteiger partial charge >= 0.3 is 5.97 Å². The van der Waals surface area contributed by atoms with Crippen LogP contribution in [-0.2, 0) is 4.74 Å². The van der Waals surface area contributed by atoms with Crippen molar-refractivity contribution < 1.29 is 23.5 Å². The largest absolute Gasteiger partial charge is 0.496 e. The van der Waals surface area contributed by atoms with E-state index in [0.717, 1.165) is 6.07 Å². The van der Waals surface area contributed by atoms with E-state index in [9.17, 15) is 14.0 Å². The van der Waals surface area contributed by atoms with Crippen LogP contribution >= 0.6 is 0 Å². The molecule has 1 aromatic heterocycles. The summed E-state index contributed by atoms with van der Waals surface area (Å²) in [5, 5.41) is 2.58. The minimum Gasteiger partial charge on any atom is -0.496 e. The highest BCUT2D eigenvalue weighted by Crippen LogP contribution is 2.21. The van der Waals surface area contributed by atoms with E-state index >= 15 is 0 Å². The highest BCUT2D eigenvalue weighted by atomic mass is 19.1. The Kier molecular flexibility index (Phi) is 5.62. The highest BCUT2D eigenvalue weighted by Gasteiger charge is 2.18. The zero-order valence-corrected chi connectivity index (χ0v) is 12.4. The fraction of sp³-hybridized carbons (Fsp3) is 0.188. The van der Waals surface area contributed by atoms with Crippen LogP contribution in [0.1, 0.15) is 20.7 Å². The average Bonchev–Trinajstić information content (AvgIpc) is 2.58. The van der Waals surface area contributed by atoms with Crippen LogP contribution < -0.4 is 10.1 Å². The monoisotopic (exact) mass is 318 g/mol. The summed E-state index contributed by atoms with van der Waals surface area (Å²) >= 11 is 0. The van der Waals surface area contributed by atoms with Gasteiger partial charge in [0, 0.05) is 18.0 Å². The quantitative estimate of drug-likeness (QED) is 0.649. The molecule has 1 N–H and O–H groups in total. The van der Waals surface area contributed by atoms with Gasteiger partial charge in [-0.3, -0.25) is 9.78 Å². The lowest BCUT2D eigenvalue weighted by Gasteiger charge is -2.10. The number of esters is 1. The molecule has 120 valence electrons. The smallest absolute Gasteiger partial charge is 0.345 e. The molecule has 7 heteroatoms. The molecule has 0 radical (unpaired) electrons. The molecule has 2 rings (SSSR count). The van der Waals surface area contributed by atoms with Crippen LogP contribution in [0.2, 0.25) is 0 Å². The Morgan fingerprint density at radius 3 is 2.65 bits per heavy atom. The van der Waals surface area contributed by atoms with Gasteiger partial charge in [0.2, 0.25) is 0 Å². The van der Waals surface area contributed by atoms with Gasteiger partial charge in [0.25, 0.3) is 5.91 Å². The van der Waals surface area contributed by atoms with Crippen LogP contribution in [0.4, 0.5) is 4.39 Å². The molecule has 1 amide bonds. The van der Waals surface area contributed by atoms with Gasteiger partial charge in [-0.2, -0.15) is 0 Å². The molecule has 0 bridgehead atoms. The molecule has 1 aromatic carbocycles. The Balaban J connectivity index is 1.85. The first kappa shape index (κ1) is 16.4. The number of hydrogen-bond donors (Lipinski definition) is 1. The maximum atomic E-state index is 13.7. The highest BCUT2D eigenvalue weighted by molar-refractivity contribution is 5.94. The first-order valence-electron chi connectivity index (χ1n) is 6.81. The molecule has 6 nitrogen and oxygen atoms in total. The van der Waals surface area contributed by atoms with Crippen molar-refractivity contribution in [2.75, 3.05) is 20.3 Å². The van der Waals surface area contributed by atoms with Crippen molar-refractivity contribution in [3.8, 4) is 5.75 Å². The van der Waals surface area contributed by atoms with E-state index in [1.54, 1.807) is 12.1 Å². The van der Waals surface area contributed by atoms with E-state index in [4.69, 9.17) is 9.47 Å². The normalized spacial score (nSPS) is 10.0. The van der Waals surface area contributed by atoms with Gasteiger partial charge in [-0.1, -0.05) is 6.07 Å². The number of hydrogen-bond acceptors (Lipinski definition) is 5. The third-order valence-corrected chi connectivity index (χ3v) is 2.96. The van der Waals surface area contributed by atoms with Crippen molar-refractivity contribution in [2.45, 2.75) is 0 Å². The molecule has 0 spiro atoms. The number of nitrogens with one attached hydrogen (secondary N) is 1. The molecular formula is C16H15FN2O4. The van der Waals surface area contributed by atoms with Crippen molar-refractivity contribution in [3.63, 3.8) is 0 Å². The lowest BCUT2D eigenvalue weighted by molar-refractivity contribution is 0.0494. The molecule has 0 aliphatic rings. The predicted molar refractivity (Wildman–Crippen MR) is 79.8 cm³/mol. The van der Waals surface area contributed by atoms with Gasteiger partial charge in [0.15, 0.2) is 0 Å². The van der Waals surface area contributed by atoms with Crippen LogP contribution in [0.5, 0.6) is 5.75 Å². The summed E-state index contributed by atoms with van der Waals surface area (Å²) in [6.45, 7) is 0.0107. The molecule has 2 aromatic rings. The van der Waals surface area contributed by atoms with Gasteiger partial charge in [0.05, 0.1) is 13.7 Å². The maximum Gasteiger partial charge on any atom is 0.345 e. The first-order valence-corrected chi connectivity index (χ1v) is 6.81. The second-order valence-corrected chi connectivity index (χ2v) is 4.44. The van der Waals surface area contributed by atoms with Gasteiger partial charge in [0.1, 0.15) is 23.7 Å². The van der Waals surface area contributed by atoms with Gasteiger partial charge in [-0.15, -0.1) is 0 Å². The number of nitrogens with zero attached hydrogens (tertiary/aromatic N) is 1. The lowest BCUT2D eigenvalue weighted by Crippen LogP contribution is -2.28. The van der Waals surface area contributed by atoms with E-state index in [-0.39, 0.29) is 30.4 Å². The molecule has 0 saturated heterocycles. The standard InChI is InChI=1S/C16H15FN2O4/c1-22-13-4-2-3-12(17)14(13)16(21)23-10-9-19-15(20)11-5-7-18-8-6-11/h2-8H,9-10H2,1H3,(H,19,20). The van der Waals surface area contributed by atoms with E-state index < -0.39 is 11.8 Å². The van der Waals surface area contributed by atoms with E-state index in [1.807, 2.05) is 0 Å². The Morgan fingerprint density at radius 2 is 1.96 bits per heavy atom. The number of aromatic nitrogens is 1. The van der Waals surface area contributed by atoms with Crippen molar-refractivity contribution in [3.05, 3.63) is 59.7 Å². The predicted octanol–water partition coefficient (Wildman–Crippen LogP) is 1.82. The molecule has 1 heterocycles. The Bertz CT molecular complexity index is 692. The molecule has 0 unspecified atom stereocenters. The number of ether oxygens (including phenoxy) is 2. The average molecular weight is 318 g/mol. The second-order valence-electron chi connectivity index (χ2n) is 4.44. The summed E-state index contributed by atoms with van der Waals surface area (Å²) in [5.74, 6) is -1.80. The maximum absolute atomic E-state index is 13.7. The summed E-state index contributed by atoms with van der Waals surface area (Å²) in [6.07, 6.45) is 3.00. The number of carbonyl (C=O) groups excluding carboxylic acids is 2. The summed E-state index contributed by atoms with van der Waals surface area (Å²) in [5.41, 5.74) is 0.178. The molecule has 0 aliphatic heterocycles. The number of pyridine rings is 1. The minimum atomic E-state index is -0.849. The SMILES string of the molecule is COc1cccc(F)c1C(=O)OCCNC(=O)c1ccncc1. The molecule has 23 heavy (non-hydrogen) atoms. The van der Waals surface area contributed by atoms with Crippen LogP contribution in [0.3, 0.4) is 0 Å². The number of methoxy groups -OCH3 is 1. The molecule has 0 aliphatic carbocycles. The zero-order valence-electron chi connectivity index (χ0n) is 12.4. The topological polar surface area (TPSA) is 77.5 Å². The number of carbonyl (C=O) groups is 2. The van der Waals surface area contributed by atoms with E-state index in [2.05, 4.69) is 10.3 Å². The summed E-state index contributed by atoms with van der Waals surface area (Å²) in [7, 11) is 1.33. The zero-order chi connectivity index (χ0) is 16.7. The van der Waals surface area contributed by atoms with Crippen molar-refractivity contribution in [1.82, 2.24) is 10.3 Å². The number of rotatable bonds is 6. The van der Waals surface area contributed by atoms with E-state index in [0.29, 0.717) is 5.56 Å². The number of halogens is 1. The first-order chi connectivity index (χ1) is 11.1. The Hall–Kier alpha value is -2.96. The summed E-state index contributed by atoms with van der Waals surface area (Å²) in [4.78, 5) is 27.5. The molecule has 0 atom stereocenters. The fourth-order valence-corrected chi connectivity index (χ4v) is 1.86. The molecule has 0 saturated carbocycles. The molecule has 0 fully saturated rings. The van der Waals surface area contributed by atoms with Crippen molar-refractivity contribution in [2.24, 2.45) is 0 Å². The van der Waals surface area contributed by atoms with Crippen molar-refractivity contribution in [1.29, 1.82) is 0 Å². The van der Waals surface area contributed by atoms with Crippen LogP contribution in [-0.4, -0.2) is 37.1 Å². The number of benzene rings is 1. The Labute approximate surface area is 132 Å². The van der Waals surface area contributed by atoms with Crippen molar-refractivity contribution >= 4 is 11.9 Å². The lowest BCUT2D eigenvalue weighted by atomic mass is 10.2. The van der Waals surface area contributed by atoms with Crippen LogP contribution in [0.15, 0.2) is 42.7 Å². The summed E-state index contributed by atoms with van der Waals surface area (Å²) in [6, 6.07) is 7.16. The third-order valence-electron chi connectivity index (χ3n) is 2.96. The molecular weight excluding hydrogens is 303 g/mol. The summed E-state index contributed by atoms with van der Waals surface area (Å²) < 4.78 is 23.6. The minimum absolute atomic E-state index is 0.0901. The Morgan fingerprint density at radius 1 is 1.22 bits per heavy atom. The third kappa shape index (κ3) is 4.26. The second kappa shape index (κ2) is 7.88.